The summed E-state index contributed by atoms with van der Waals surface area (Å²) in [6.45, 7) is 5.47. The lowest BCUT2D eigenvalue weighted by Gasteiger charge is -2.28. The predicted octanol–water partition coefficient (Wildman–Crippen LogP) is 1.57. The summed E-state index contributed by atoms with van der Waals surface area (Å²) in [5.74, 6) is 0.314. The molecule has 1 heterocycles. The average molecular weight is 262 g/mol. The van der Waals surface area contributed by atoms with Crippen LogP contribution in [0.25, 0.3) is 0 Å². The Morgan fingerprint density at radius 2 is 2.05 bits per heavy atom. The third-order valence-electron chi connectivity index (χ3n) is 3.05. The van der Waals surface area contributed by atoms with Crippen molar-refractivity contribution in [2.75, 3.05) is 5.32 Å². The van der Waals surface area contributed by atoms with Gasteiger partial charge in [0.1, 0.15) is 5.75 Å². The smallest absolute Gasteiger partial charge is 0.265 e. The fraction of sp³-hybridized carbons (Fsp3) is 0.429. The highest BCUT2D eigenvalue weighted by molar-refractivity contribution is 6.03. The molecule has 0 radical (unpaired) electrons. The number of Topliss-reactive ketones (excluding diaryl/α,β-unsaturated/α-hetero) is 1. The van der Waals surface area contributed by atoms with Gasteiger partial charge in [0, 0.05) is 5.56 Å². The molecular formula is C14H18N2O3. The van der Waals surface area contributed by atoms with Crippen molar-refractivity contribution in [3.8, 4) is 5.75 Å². The fourth-order valence-corrected chi connectivity index (χ4v) is 1.98. The maximum atomic E-state index is 11.9. The van der Waals surface area contributed by atoms with Gasteiger partial charge >= 0.3 is 0 Å². The molecule has 1 aliphatic heterocycles. The minimum atomic E-state index is -0.568. The number of ketones is 1. The van der Waals surface area contributed by atoms with Crippen LogP contribution in [0.15, 0.2) is 18.2 Å². The molecule has 2 rings (SSSR count). The summed E-state index contributed by atoms with van der Waals surface area (Å²) in [6.07, 6.45) is -0.498. The molecular weight excluding hydrogens is 244 g/mol. The molecule has 1 aromatic rings. The van der Waals surface area contributed by atoms with E-state index in [1.165, 1.54) is 0 Å². The quantitative estimate of drug-likeness (QED) is 0.810. The second-order valence-corrected chi connectivity index (χ2v) is 5.14. The fourth-order valence-electron chi connectivity index (χ4n) is 1.98. The van der Waals surface area contributed by atoms with Crippen LogP contribution in [0.4, 0.5) is 5.69 Å². The number of hydrogen-bond acceptors (Lipinski definition) is 4. The van der Waals surface area contributed by atoms with Gasteiger partial charge < -0.3 is 15.8 Å². The van der Waals surface area contributed by atoms with Gasteiger partial charge in [0.2, 0.25) is 0 Å². The SMILES string of the molecule is CC(N)C(=O)c1ccc2c(c1)NC(=O)C(C(C)C)O2. The Hall–Kier alpha value is -1.88. The zero-order valence-electron chi connectivity index (χ0n) is 11.3. The zero-order valence-corrected chi connectivity index (χ0v) is 11.3. The van der Waals surface area contributed by atoms with Crippen molar-refractivity contribution >= 4 is 17.4 Å². The Kier molecular flexibility index (Phi) is 3.57. The molecule has 1 aromatic carbocycles. The Balaban J connectivity index is 2.31. The normalized spacial score (nSPS) is 19.4. The monoisotopic (exact) mass is 262 g/mol. The van der Waals surface area contributed by atoms with Gasteiger partial charge in [-0.1, -0.05) is 13.8 Å². The molecule has 102 valence electrons. The summed E-state index contributed by atoms with van der Waals surface area (Å²) in [5.41, 5.74) is 6.56. The molecule has 0 bridgehead atoms. The molecule has 0 saturated heterocycles. The first-order valence-corrected chi connectivity index (χ1v) is 6.31. The van der Waals surface area contributed by atoms with E-state index >= 15 is 0 Å². The average Bonchev–Trinajstić information content (AvgIpc) is 2.35. The summed E-state index contributed by atoms with van der Waals surface area (Å²) in [6, 6.07) is 4.40. The molecule has 1 amide bonds. The summed E-state index contributed by atoms with van der Waals surface area (Å²) in [7, 11) is 0. The van der Waals surface area contributed by atoms with Crippen LogP contribution in [0, 0.1) is 5.92 Å². The molecule has 2 atom stereocenters. The van der Waals surface area contributed by atoms with Crippen LogP contribution >= 0.6 is 0 Å². The van der Waals surface area contributed by atoms with Crippen LogP contribution in [0.3, 0.4) is 0 Å². The minimum Gasteiger partial charge on any atom is -0.478 e. The van der Waals surface area contributed by atoms with Crippen molar-refractivity contribution in [2.24, 2.45) is 11.7 Å². The molecule has 19 heavy (non-hydrogen) atoms. The number of anilines is 1. The molecule has 5 heteroatoms. The first-order valence-electron chi connectivity index (χ1n) is 6.31. The van der Waals surface area contributed by atoms with E-state index in [9.17, 15) is 9.59 Å². The van der Waals surface area contributed by atoms with Gasteiger partial charge in [0.15, 0.2) is 11.9 Å². The standard InChI is InChI=1S/C14H18N2O3/c1-7(2)13-14(18)16-10-6-9(12(17)8(3)15)4-5-11(10)19-13/h4-8,13H,15H2,1-3H3,(H,16,18). The number of ether oxygens (including phenoxy) is 1. The van der Waals surface area contributed by atoms with Gasteiger partial charge in [-0.25, -0.2) is 0 Å². The number of amides is 1. The number of hydrogen-bond donors (Lipinski definition) is 2. The van der Waals surface area contributed by atoms with Crippen LogP contribution in [0.2, 0.25) is 0 Å². The van der Waals surface area contributed by atoms with E-state index in [4.69, 9.17) is 10.5 Å². The lowest BCUT2D eigenvalue weighted by atomic mass is 10.0. The molecule has 2 unspecified atom stereocenters. The number of benzene rings is 1. The van der Waals surface area contributed by atoms with Crippen molar-refractivity contribution in [1.82, 2.24) is 0 Å². The topological polar surface area (TPSA) is 81.4 Å². The molecule has 5 nitrogen and oxygen atoms in total. The lowest BCUT2D eigenvalue weighted by molar-refractivity contribution is -0.125. The van der Waals surface area contributed by atoms with E-state index in [0.29, 0.717) is 17.0 Å². The third kappa shape index (κ3) is 2.61. The maximum absolute atomic E-state index is 11.9. The van der Waals surface area contributed by atoms with Crippen LogP contribution in [0.5, 0.6) is 5.75 Å². The zero-order chi connectivity index (χ0) is 14.2. The molecule has 0 aromatic heterocycles. The Morgan fingerprint density at radius 1 is 1.37 bits per heavy atom. The van der Waals surface area contributed by atoms with Gasteiger partial charge in [-0.3, -0.25) is 9.59 Å². The van der Waals surface area contributed by atoms with E-state index in [0.717, 1.165) is 0 Å². The highest BCUT2D eigenvalue weighted by atomic mass is 16.5. The minimum absolute atomic E-state index is 0.0820. The van der Waals surface area contributed by atoms with E-state index in [1.54, 1.807) is 25.1 Å². The maximum Gasteiger partial charge on any atom is 0.265 e. The Bertz CT molecular complexity index is 523. The first-order chi connectivity index (χ1) is 8.90. The van der Waals surface area contributed by atoms with Crippen LogP contribution < -0.4 is 15.8 Å². The van der Waals surface area contributed by atoms with Crippen molar-refractivity contribution in [3.63, 3.8) is 0 Å². The van der Waals surface area contributed by atoms with Gasteiger partial charge in [-0.05, 0) is 31.0 Å². The van der Waals surface area contributed by atoms with E-state index in [1.807, 2.05) is 13.8 Å². The highest BCUT2D eigenvalue weighted by Gasteiger charge is 2.30. The summed E-state index contributed by atoms with van der Waals surface area (Å²) >= 11 is 0. The van der Waals surface area contributed by atoms with E-state index in [2.05, 4.69) is 5.32 Å². The molecule has 0 aliphatic carbocycles. The number of nitrogens with one attached hydrogen (secondary N) is 1. The van der Waals surface area contributed by atoms with Gasteiger partial charge in [-0.2, -0.15) is 0 Å². The molecule has 3 N–H and O–H groups in total. The van der Waals surface area contributed by atoms with Crippen LogP contribution in [-0.2, 0) is 4.79 Å². The van der Waals surface area contributed by atoms with E-state index in [-0.39, 0.29) is 17.6 Å². The largest absolute Gasteiger partial charge is 0.478 e. The summed E-state index contributed by atoms with van der Waals surface area (Å²) in [5, 5.41) is 2.77. The van der Waals surface area contributed by atoms with Crippen LogP contribution in [-0.4, -0.2) is 23.8 Å². The number of nitrogens with two attached hydrogens (primary N) is 1. The van der Waals surface area contributed by atoms with Crippen LogP contribution in [0.1, 0.15) is 31.1 Å². The predicted molar refractivity (Wildman–Crippen MR) is 72.3 cm³/mol. The second kappa shape index (κ2) is 5.01. The lowest BCUT2D eigenvalue weighted by Crippen LogP contribution is -2.40. The number of carbonyl (C=O) groups excluding carboxylic acids is 2. The first kappa shape index (κ1) is 13.5. The molecule has 0 saturated carbocycles. The summed E-state index contributed by atoms with van der Waals surface area (Å²) in [4.78, 5) is 23.7. The summed E-state index contributed by atoms with van der Waals surface area (Å²) < 4.78 is 5.65. The van der Waals surface area contributed by atoms with Gasteiger partial charge in [0.25, 0.3) is 5.91 Å². The highest BCUT2D eigenvalue weighted by Crippen LogP contribution is 2.32. The molecule has 1 aliphatic rings. The second-order valence-electron chi connectivity index (χ2n) is 5.14. The van der Waals surface area contributed by atoms with Crippen molar-refractivity contribution in [2.45, 2.75) is 32.9 Å². The van der Waals surface area contributed by atoms with Gasteiger partial charge in [0.05, 0.1) is 11.7 Å². The third-order valence-corrected chi connectivity index (χ3v) is 3.05. The Labute approximate surface area is 112 Å². The van der Waals surface area contributed by atoms with Crippen molar-refractivity contribution in [1.29, 1.82) is 0 Å². The number of carbonyl (C=O) groups is 2. The van der Waals surface area contributed by atoms with Crippen molar-refractivity contribution < 1.29 is 14.3 Å². The number of fused-ring (bicyclic) bond motifs is 1. The molecule has 0 spiro atoms. The van der Waals surface area contributed by atoms with Crippen molar-refractivity contribution in [3.05, 3.63) is 23.8 Å². The molecule has 0 fully saturated rings. The van der Waals surface area contributed by atoms with Gasteiger partial charge in [-0.15, -0.1) is 0 Å². The number of rotatable bonds is 3. The van der Waals surface area contributed by atoms with E-state index < -0.39 is 12.1 Å². The Morgan fingerprint density at radius 3 is 2.63 bits per heavy atom.